The van der Waals surface area contributed by atoms with Crippen LogP contribution < -0.4 is 10.6 Å². The van der Waals surface area contributed by atoms with E-state index < -0.39 is 5.97 Å². The summed E-state index contributed by atoms with van der Waals surface area (Å²) in [5.41, 5.74) is 0. The Bertz CT molecular complexity index is 295. The molecule has 0 aromatic heterocycles. The largest absolute Gasteiger partial charge is 0.481 e. The fourth-order valence-corrected chi connectivity index (χ4v) is 2.60. The molecule has 0 aromatic carbocycles. The van der Waals surface area contributed by atoms with Gasteiger partial charge in [-0.05, 0) is 31.4 Å². The Hall–Kier alpha value is -0.910. The molecule has 0 heterocycles. The second kappa shape index (κ2) is 7.51. The average Bonchev–Trinajstić information content (AvgIpc) is 3.10. The molecular weight excluding hydrogens is 252 g/mol. The molecule has 6 heteroatoms. The molecule has 0 bridgehead atoms. The Balaban J connectivity index is 2.37. The fraction of sp³-hybridized carbons (Fsp3) is 0.833. The van der Waals surface area contributed by atoms with Gasteiger partial charge in [-0.25, -0.2) is 4.79 Å². The number of aliphatic carboxylic acids is 1. The van der Waals surface area contributed by atoms with E-state index in [2.05, 4.69) is 10.6 Å². The van der Waals surface area contributed by atoms with Crippen molar-refractivity contribution in [1.82, 2.24) is 10.6 Å². The van der Waals surface area contributed by atoms with Gasteiger partial charge >= 0.3 is 12.0 Å². The molecule has 3 N–H and O–H groups in total. The monoisotopic (exact) mass is 274 g/mol. The number of thioether (sulfide) groups is 1. The van der Waals surface area contributed by atoms with E-state index in [1.54, 1.807) is 11.8 Å². The molecule has 5 nitrogen and oxygen atoms in total. The quantitative estimate of drug-likeness (QED) is 0.629. The molecule has 0 aromatic rings. The highest BCUT2D eigenvalue weighted by molar-refractivity contribution is 7.98. The number of nitrogens with one attached hydrogen (secondary N) is 2. The standard InChI is InChI=1S/C12H22N2O3S/c1-3-9(7-18-2)13-12(17)14-10(6-11(15)16)8-4-5-8/h8-10H,3-7H2,1-2H3,(H,15,16)(H2,13,14,17). The van der Waals surface area contributed by atoms with E-state index in [0.717, 1.165) is 25.0 Å². The highest BCUT2D eigenvalue weighted by atomic mass is 32.2. The first-order chi connectivity index (χ1) is 8.56. The average molecular weight is 274 g/mol. The lowest BCUT2D eigenvalue weighted by Gasteiger charge is -2.20. The predicted octanol–water partition coefficient (Wildman–Crippen LogP) is 1.68. The van der Waals surface area contributed by atoms with E-state index in [4.69, 9.17) is 5.11 Å². The van der Waals surface area contributed by atoms with Crippen LogP contribution in [-0.2, 0) is 4.79 Å². The van der Waals surface area contributed by atoms with Crippen molar-refractivity contribution in [3.8, 4) is 0 Å². The van der Waals surface area contributed by atoms with E-state index in [-0.39, 0.29) is 24.5 Å². The maximum atomic E-state index is 11.8. The minimum absolute atomic E-state index is 0.0113. The molecule has 2 atom stereocenters. The number of hydrogen-bond acceptors (Lipinski definition) is 3. The molecule has 0 aliphatic heterocycles. The van der Waals surface area contributed by atoms with Gasteiger partial charge in [0.15, 0.2) is 0 Å². The topological polar surface area (TPSA) is 78.4 Å². The fourth-order valence-electron chi connectivity index (χ4n) is 1.88. The van der Waals surface area contributed by atoms with Gasteiger partial charge in [-0.1, -0.05) is 6.92 Å². The Labute approximate surface area is 112 Å². The lowest BCUT2D eigenvalue weighted by Crippen LogP contribution is -2.48. The van der Waals surface area contributed by atoms with E-state index in [1.807, 2.05) is 13.2 Å². The third kappa shape index (κ3) is 5.62. The second-order valence-electron chi connectivity index (χ2n) is 4.72. The molecule has 1 saturated carbocycles. The first-order valence-corrected chi connectivity index (χ1v) is 7.74. The third-order valence-corrected chi connectivity index (χ3v) is 3.83. The zero-order chi connectivity index (χ0) is 13.5. The number of carboxylic acids is 1. The maximum absolute atomic E-state index is 11.8. The summed E-state index contributed by atoms with van der Waals surface area (Å²) in [5.74, 6) is 0.354. The van der Waals surface area contributed by atoms with Gasteiger partial charge in [-0.15, -0.1) is 0 Å². The van der Waals surface area contributed by atoms with Crippen molar-refractivity contribution in [2.45, 2.75) is 44.7 Å². The van der Waals surface area contributed by atoms with E-state index in [9.17, 15) is 9.59 Å². The lowest BCUT2D eigenvalue weighted by atomic mass is 10.1. The first-order valence-electron chi connectivity index (χ1n) is 6.34. The zero-order valence-electron chi connectivity index (χ0n) is 10.9. The highest BCUT2D eigenvalue weighted by Crippen LogP contribution is 2.33. The van der Waals surface area contributed by atoms with Gasteiger partial charge in [-0.2, -0.15) is 11.8 Å². The SMILES string of the molecule is CCC(CSC)NC(=O)NC(CC(=O)O)C1CC1. The molecule has 104 valence electrons. The van der Waals surface area contributed by atoms with Crippen LogP contribution in [0, 0.1) is 5.92 Å². The number of hydrogen-bond donors (Lipinski definition) is 3. The Morgan fingerprint density at radius 1 is 1.39 bits per heavy atom. The van der Waals surface area contributed by atoms with Gasteiger partial charge in [0.25, 0.3) is 0 Å². The summed E-state index contributed by atoms with van der Waals surface area (Å²) in [4.78, 5) is 22.5. The minimum atomic E-state index is -0.858. The summed E-state index contributed by atoms with van der Waals surface area (Å²) in [7, 11) is 0. The van der Waals surface area contributed by atoms with E-state index in [0.29, 0.717) is 5.92 Å². The summed E-state index contributed by atoms with van der Waals surface area (Å²) in [6.07, 6.45) is 4.92. The van der Waals surface area contributed by atoms with Crippen LogP contribution in [0.15, 0.2) is 0 Å². The highest BCUT2D eigenvalue weighted by Gasteiger charge is 2.33. The van der Waals surface area contributed by atoms with Crippen LogP contribution in [0.1, 0.15) is 32.6 Å². The Morgan fingerprint density at radius 3 is 2.50 bits per heavy atom. The van der Waals surface area contributed by atoms with Gasteiger partial charge in [0.05, 0.1) is 6.42 Å². The molecule has 2 amide bonds. The molecule has 1 aliphatic rings. The van der Waals surface area contributed by atoms with Crippen molar-refractivity contribution in [3.63, 3.8) is 0 Å². The predicted molar refractivity (Wildman–Crippen MR) is 72.9 cm³/mol. The number of urea groups is 1. The van der Waals surface area contributed by atoms with Crippen molar-refractivity contribution >= 4 is 23.8 Å². The van der Waals surface area contributed by atoms with Gasteiger partial charge in [0, 0.05) is 17.8 Å². The second-order valence-corrected chi connectivity index (χ2v) is 5.63. The van der Waals surface area contributed by atoms with E-state index in [1.165, 1.54) is 0 Å². The summed E-state index contributed by atoms with van der Waals surface area (Å²) < 4.78 is 0. The molecule has 0 spiro atoms. The smallest absolute Gasteiger partial charge is 0.315 e. The van der Waals surface area contributed by atoms with Gasteiger partial charge < -0.3 is 15.7 Å². The molecule has 1 rings (SSSR count). The summed E-state index contributed by atoms with van der Waals surface area (Å²) >= 11 is 1.69. The maximum Gasteiger partial charge on any atom is 0.315 e. The first kappa shape index (κ1) is 15.1. The Morgan fingerprint density at radius 2 is 2.06 bits per heavy atom. The van der Waals surface area contributed by atoms with Crippen LogP contribution in [0.4, 0.5) is 4.79 Å². The summed E-state index contributed by atoms with van der Waals surface area (Å²) in [6.45, 7) is 2.02. The van der Waals surface area contributed by atoms with Crippen LogP contribution in [0.2, 0.25) is 0 Å². The lowest BCUT2D eigenvalue weighted by molar-refractivity contribution is -0.137. The van der Waals surface area contributed by atoms with Gasteiger partial charge in [0.1, 0.15) is 0 Å². The number of carboxylic acid groups (broad SMARTS) is 1. The van der Waals surface area contributed by atoms with Crippen molar-refractivity contribution in [3.05, 3.63) is 0 Å². The molecule has 18 heavy (non-hydrogen) atoms. The zero-order valence-corrected chi connectivity index (χ0v) is 11.8. The molecule has 1 aliphatic carbocycles. The van der Waals surface area contributed by atoms with Gasteiger partial charge in [0.2, 0.25) is 0 Å². The van der Waals surface area contributed by atoms with Crippen LogP contribution >= 0.6 is 11.8 Å². The summed E-state index contributed by atoms with van der Waals surface area (Å²) in [6, 6.07) is -0.326. The number of carbonyl (C=O) groups is 2. The van der Waals surface area contributed by atoms with Crippen LogP contribution in [-0.4, -0.2) is 41.2 Å². The van der Waals surface area contributed by atoms with Crippen LogP contribution in [0.3, 0.4) is 0 Å². The Kier molecular flexibility index (Phi) is 6.32. The molecule has 0 saturated heterocycles. The molecule has 0 radical (unpaired) electrons. The van der Waals surface area contributed by atoms with Crippen molar-refractivity contribution in [2.75, 3.05) is 12.0 Å². The third-order valence-electron chi connectivity index (χ3n) is 3.10. The van der Waals surface area contributed by atoms with Crippen molar-refractivity contribution in [2.24, 2.45) is 5.92 Å². The number of rotatable bonds is 8. The normalized spacial score (nSPS) is 17.9. The molecule has 1 fully saturated rings. The number of carbonyl (C=O) groups excluding carboxylic acids is 1. The van der Waals surface area contributed by atoms with Crippen molar-refractivity contribution < 1.29 is 14.7 Å². The van der Waals surface area contributed by atoms with E-state index >= 15 is 0 Å². The minimum Gasteiger partial charge on any atom is -0.481 e. The molecular formula is C12H22N2O3S. The van der Waals surface area contributed by atoms with Crippen LogP contribution in [0.5, 0.6) is 0 Å². The number of amides is 2. The van der Waals surface area contributed by atoms with Crippen molar-refractivity contribution in [1.29, 1.82) is 0 Å². The molecule has 2 unspecified atom stereocenters. The van der Waals surface area contributed by atoms with Gasteiger partial charge in [-0.3, -0.25) is 4.79 Å². The summed E-state index contributed by atoms with van der Waals surface area (Å²) in [5, 5.41) is 14.5. The van der Waals surface area contributed by atoms with Crippen LogP contribution in [0.25, 0.3) is 0 Å².